The van der Waals surface area contributed by atoms with Crippen LogP contribution in [-0.2, 0) is 9.59 Å². The van der Waals surface area contributed by atoms with Gasteiger partial charge in [0, 0.05) is 24.5 Å². The van der Waals surface area contributed by atoms with E-state index in [1.165, 1.54) is 0 Å². The third-order valence-corrected chi connectivity index (χ3v) is 5.67. The van der Waals surface area contributed by atoms with Gasteiger partial charge in [0.1, 0.15) is 0 Å². The van der Waals surface area contributed by atoms with Crippen molar-refractivity contribution in [3.8, 4) is 0 Å². The number of hydrogen-bond acceptors (Lipinski definition) is 3. The molecule has 1 N–H and O–H groups in total. The lowest BCUT2D eigenvalue weighted by molar-refractivity contribution is -0.137. The number of aliphatic carboxylic acids is 1. The first-order valence-electron chi connectivity index (χ1n) is 8.68. The molecular weight excluding hydrogens is 363 g/mol. The van der Waals surface area contributed by atoms with Gasteiger partial charge in [-0.05, 0) is 56.3 Å². The summed E-state index contributed by atoms with van der Waals surface area (Å²) >= 11 is 12.2. The van der Waals surface area contributed by atoms with E-state index in [0.29, 0.717) is 34.6 Å². The molecule has 2 aliphatic heterocycles. The van der Waals surface area contributed by atoms with Crippen LogP contribution in [0.4, 0.5) is 5.69 Å². The second-order valence-corrected chi connectivity index (χ2v) is 7.67. The molecule has 2 fully saturated rings. The van der Waals surface area contributed by atoms with Gasteiger partial charge in [0.05, 0.1) is 16.8 Å². The van der Waals surface area contributed by atoms with Gasteiger partial charge in [-0.15, -0.1) is 0 Å². The fourth-order valence-electron chi connectivity index (χ4n) is 3.89. The van der Waals surface area contributed by atoms with Crippen molar-refractivity contribution in [3.63, 3.8) is 0 Å². The summed E-state index contributed by atoms with van der Waals surface area (Å²) in [6.45, 7) is 2.33. The van der Waals surface area contributed by atoms with E-state index in [2.05, 4.69) is 4.90 Å². The van der Waals surface area contributed by atoms with E-state index in [9.17, 15) is 9.59 Å². The molecule has 3 rings (SSSR count). The van der Waals surface area contributed by atoms with Crippen LogP contribution in [-0.4, -0.2) is 47.6 Å². The highest BCUT2D eigenvalue weighted by atomic mass is 35.5. The molecule has 1 aromatic carbocycles. The molecule has 0 bridgehead atoms. The van der Waals surface area contributed by atoms with Crippen molar-refractivity contribution in [3.05, 3.63) is 28.2 Å². The topological polar surface area (TPSA) is 60.9 Å². The van der Waals surface area contributed by atoms with E-state index in [0.717, 1.165) is 32.4 Å². The van der Waals surface area contributed by atoms with Gasteiger partial charge in [-0.2, -0.15) is 0 Å². The largest absolute Gasteiger partial charge is 0.481 e. The number of hydrogen-bond donors (Lipinski definition) is 1. The quantitative estimate of drug-likeness (QED) is 0.840. The number of piperidine rings is 1. The third kappa shape index (κ3) is 4.27. The summed E-state index contributed by atoms with van der Waals surface area (Å²) < 4.78 is 0. The van der Waals surface area contributed by atoms with Crippen molar-refractivity contribution in [2.45, 2.75) is 38.1 Å². The molecule has 2 heterocycles. The van der Waals surface area contributed by atoms with E-state index in [-0.39, 0.29) is 18.4 Å². The van der Waals surface area contributed by atoms with Crippen molar-refractivity contribution in [2.24, 2.45) is 5.92 Å². The number of likely N-dealkylation sites (tertiary alicyclic amines) is 1. The molecule has 2 unspecified atom stereocenters. The lowest BCUT2D eigenvalue weighted by Gasteiger charge is -2.35. The van der Waals surface area contributed by atoms with Gasteiger partial charge in [-0.25, -0.2) is 0 Å². The van der Waals surface area contributed by atoms with Crippen LogP contribution in [0.25, 0.3) is 0 Å². The molecule has 0 radical (unpaired) electrons. The molecule has 136 valence electrons. The highest BCUT2D eigenvalue weighted by Crippen LogP contribution is 2.34. The maximum absolute atomic E-state index is 12.9. The Morgan fingerprint density at radius 2 is 2.04 bits per heavy atom. The summed E-state index contributed by atoms with van der Waals surface area (Å²) in [7, 11) is 0. The minimum absolute atomic E-state index is 0.0723. The molecule has 25 heavy (non-hydrogen) atoms. The van der Waals surface area contributed by atoms with Gasteiger partial charge in [0.2, 0.25) is 5.91 Å². The average molecular weight is 385 g/mol. The number of benzene rings is 1. The second-order valence-electron chi connectivity index (χ2n) is 6.83. The predicted molar refractivity (Wildman–Crippen MR) is 98.4 cm³/mol. The molecule has 2 saturated heterocycles. The summed E-state index contributed by atoms with van der Waals surface area (Å²) in [6.07, 6.45) is 3.69. The lowest BCUT2D eigenvalue weighted by atomic mass is 9.92. The van der Waals surface area contributed by atoms with Gasteiger partial charge in [0.15, 0.2) is 0 Å². The van der Waals surface area contributed by atoms with Crippen LogP contribution in [0, 0.1) is 5.92 Å². The number of anilines is 1. The van der Waals surface area contributed by atoms with E-state index < -0.39 is 5.97 Å². The predicted octanol–water partition coefficient (Wildman–Crippen LogP) is 3.68. The van der Waals surface area contributed by atoms with Crippen molar-refractivity contribution >= 4 is 40.8 Å². The van der Waals surface area contributed by atoms with Crippen LogP contribution in [0.3, 0.4) is 0 Å². The van der Waals surface area contributed by atoms with E-state index >= 15 is 0 Å². The standard InChI is InChI=1S/C18H22Cl2N2O3/c19-13-4-5-15(14(20)10-13)22-9-7-16(18(22)25)21-8-1-2-12(11-21)3-6-17(23)24/h4-5,10,12,16H,1-3,6-9,11H2,(H,23,24). The number of nitrogens with zero attached hydrogens (tertiary/aromatic N) is 2. The number of halogens is 2. The molecular formula is C18H22Cl2N2O3. The fourth-order valence-corrected chi connectivity index (χ4v) is 4.40. The number of carboxylic acid groups (broad SMARTS) is 1. The average Bonchev–Trinajstić information content (AvgIpc) is 2.95. The Morgan fingerprint density at radius 1 is 1.24 bits per heavy atom. The first-order chi connectivity index (χ1) is 12.0. The maximum Gasteiger partial charge on any atom is 0.303 e. The summed E-state index contributed by atoms with van der Waals surface area (Å²) in [5, 5.41) is 9.91. The Balaban J connectivity index is 1.66. The summed E-state index contributed by atoms with van der Waals surface area (Å²) in [4.78, 5) is 27.7. The minimum atomic E-state index is -0.752. The van der Waals surface area contributed by atoms with E-state index in [4.69, 9.17) is 28.3 Å². The van der Waals surface area contributed by atoms with Gasteiger partial charge >= 0.3 is 5.97 Å². The molecule has 1 aromatic rings. The molecule has 0 saturated carbocycles. The number of carboxylic acids is 1. The van der Waals surface area contributed by atoms with E-state index in [1.54, 1.807) is 23.1 Å². The smallest absolute Gasteiger partial charge is 0.303 e. The first-order valence-corrected chi connectivity index (χ1v) is 9.43. The zero-order valence-electron chi connectivity index (χ0n) is 14.0. The molecule has 2 atom stereocenters. The molecule has 0 aliphatic carbocycles. The SMILES string of the molecule is O=C(O)CCC1CCCN(C2CCN(c3ccc(Cl)cc3Cl)C2=O)C1. The zero-order chi connectivity index (χ0) is 18.0. The van der Waals surface area contributed by atoms with Crippen LogP contribution in [0.2, 0.25) is 10.0 Å². The summed E-state index contributed by atoms with van der Waals surface area (Å²) in [5.41, 5.74) is 0.706. The van der Waals surface area contributed by atoms with Gasteiger partial charge < -0.3 is 10.0 Å². The van der Waals surface area contributed by atoms with Crippen LogP contribution in [0.1, 0.15) is 32.1 Å². The molecule has 1 amide bonds. The number of amides is 1. The highest BCUT2D eigenvalue weighted by molar-refractivity contribution is 6.36. The van der Waals surface area contributed by atoms with Gasteiger partial charge in [0.25, 0.3) is 0 Å². The summed E-state index contributed by atoms with van der Waals surface area (Å²) in [6, 6.07) is 5.05. The van der Waals surface area contributed by atoms with Crippen molar-refractivity contribution in [2.75, 3.05) is 24.5 Å². The second kappa shape index (κ2) is 7.94. The minimum Gasteiger partial charge on any atom is -0.481 e. The summed E-state index contributed by atoms with van der Waals surface area (Å²) in [5.74, 6) is -0.327. The van der Waals surface area contributed by atoms with Gasteiger partial charge in [-0.1, -0.05) is 23.2 Å². The Labute approximate surface area is 157 Å². The van der Waals surface area contributed by atoms with Crippen molar-refractivity contribution in [1.29, 1.82) is 0 Å². The van der Waals surface area contributed by atoms with Crippen molar-refractivity contribution in [1.82, 2.24) is 4.90 Å². The Hall–Kier alpha value is -1.30. The van der Waals surface area contributed by atoms with Crippen molar-refractivity contribution < 1.29 is 14.7 Å². The van der Waals surface area contributed by atoms with Crippen LogP contribution < -0.4 is 4.90 Å². The first kappa shape index (κ1) is 18.5. The Kier molecular flexibility index (Phi) is 5.87. The highest BCUT2D eigenvalue weighted by Gasteiger charge is 2.38. The van der Waals surface area contributed by atoms with E-state index in [1.807, 2.05) is 0 Å². The third-order valence-electron chi connectivity index (χ3n) is 5.14. The van der Waals surface area contributed by atoms with Gasteiger partial charge in [-0.3, -0.25) is 14.5 Å². The normalized spacial score (nSPS) is 24.7. The lowest BCUT2D eigenvalue weighted by Crippen LogP contribution is -2.47. The fraction of sp³-hybridized carbons (Fsp3) is 0.556. The molecule has 7 heteroatoms. The Bertz CT molecular complexity index is 668. The number of carbonyl (C=O) groups excluding carboxylic acids is 1. The monoisotopic (exact) mass is 384 g/mol. The van der Waals surface area contributed by atoms with Crippen LogP contribution in [0.5, 0.6) is 0 Å². The molecule has 5 nitrogen and oxygen atoms in total. The molecule has 0 spiro atoms. The number of rotatable bonds is 5. The van der Waals surface area contributed by atoms with Crippen LogP contribution in [0.15, 0.2) is 18.2 Å². The molecule has 0 aromatic heterocycles. The maximum atomic E-state index is 12.9. The molecule has 2 aliphatic rings. The Morgan fingerprint density at radius 3 is 2.76 bits per heavy atom. The number of carbonyl (C=O) groups is 2. The van der Waals surface area contributed by atoms with Crippen LogP contribution >= 0.6 is 23.2 Å². The zero-order valence-corrected chi connectivity index (χ0v) is 15.5.